The molecule has 0 saturated heterocycles. The van der Waals surface area contributed by atoms with Gasteiger partial charge in [0.2, 0.25) is 0 Å². The molecule has 2 aromatic rings. The van der Waals surface area contributed by atoms with E-state index >= 15 is 0 Å². The van der Waals surface area contributed by atoms with Gasteiger partial charge in [0.05, 0.1) is 11.1 Å². The van der Waals surface area contributed by atoms with Gasteiger partial charge >= 0.3 is 0 Å². The Kier molecular flexibility index (Phi) is 3.44. The minimum Gasteiger partial charge on any atom is -0.366 e. The zero-order chi connectivity index (χ0) is 14.0. The average molecular weight is 253 g/mol. The number of nitrogens with zero attached hydrogens (tertiary/aromatic N) is 2. The number of pyridine rings is 1. The fraction of sp³-hybridized carbons (Fsp3) is 0.375. The third-order valence-electron chi connectivity index (χ3n) is 3.50. The zero-order valence-electron chi connectivity index (χ0n) is 11.9. The van der Waals surface area contributed by atoms with Crippen LogP contribution < -0.4 is 5.32 Å². The summed E-state index contributed by atoms with van der Waals surface area (Å²) in [6.45, 7) is 8.60. The molecule has 0 aliphatic carbocycles. The Bertz CT molecular complexity index is 632. The Hall–Kier alpha value is -2.08. The summed E-state index contributed by atoms with van der Waals surface area (Å²) in [4.78, 5) is 4.57. The van der Waals surface area contributed by atoms with Crippen LogP contribution in [0.2, 0.25) is 0 Å². The molecule has 0 spiro atoms. The maximum atomic E-state index is 9.26. The highest BCUT2D eigenvalue weighted by atomic mass is 15.0. The molecule has 0 fully saturated rings. The standard InChI is InChI=1S/C16H19N3/c1-11(16(2,3)4)18-15-13(10-17)9-12-7-5-6-8-14(12)19-15/h5-9,11H,1-4H3,(H,18,19)/t11-/m0/s1. The molecule has 1 heterocycles. The molecule has 0 saturated carbocycles. The van der Waals surface area contributed by atoms with E-state index in [2.05, 4.69) is 44.1 Å². The van der Waals surface area contributed by atoms with Gasteiger partial charge < -0.3 is 5.32 Å². The lowest BCUT2D eigenvalue weighted by Crippen LogP contribution is -2.31. The maximum absolute atomic E-state index is 9.26. The molecule has 2 rings (SSSR count). The molecule has 19 heavy (non-hydrogen) atoms. The summed E-state index contributed by atoms with van der Waals surface area (Å²) in [6.07, 6.45) is 0. The molecule has 0 aliphatic rings. The largest absolute Gasteiger partial charge is 0.366 e. The van der Waals surface area contributed by atoms with Crippen LogP contribution in [0.3, 0.4) is 0 Å². The zero-order valence-corrected chi connectivity index (χ0v) is 11.9. The summed E-state index contributed by atoms with van der Waals surface area (Å²) >= 11 is 0. The molecule has 1 aromatic heterocycles. The topological polar surface area (TPSA) is 48.7 Å². The van der Waals surface area contributed by atoms with Crippen LogP contribution in [0, 0.1) is 16.7 Å². The minimum absolute atomic E-state index is 0.111. The summed E-state index contributed by atoms with van der Waals surface area (Å²) in [5.41, 5.74) is 1.61. The lowest BCUT2D eigenvalue weighted by Gasteiger charge is -2.28. The van der Waals surface area contributed by atoms with Gasteiger partial charge in [-0.25, -0.2) is 4.98 Å². The summed E-state index contributed by atoms with van der Waals surface area (Å²) < 4.78 is 0. The number of para-hydroxylation sites is 1. The number of nitrogens with one attached hydrogen (secondary N) is 1. The van der Waals surface area contributed by atoms with Crippen molar-refractivity contribution in [3.63, 3.8) is 0 Å². The predicted octanol–water partition coefficient (Wildman–Crippen LogP) is 3.95. The van der Waals surface area contributed by atoms with Crippen molar-refractivity contribution in [1.82, 2.24) is 4.98 Å². The fourth-order valence-electron chi connectivity index (χ4n) is 1.73. The molecule has 0 aliphatic heterocycles. The van der Waals surface area contributed by atoms with E-state index in [1.807, 2.05) is 30.3 Å². The highest BCUT2D eigenvalue weighted by Gasteiger charge is 2.21. The number of rotatable bonds is 2. The molecular formula is C16H19N3. The van der Waals surface area contributed by atoms with Gasteiger partial charge in [-0.1, -0.05) is 39.0 Å². The molecule has 1 atom stereocenters. The van der Waals surface area contributed by atoms with Gasteiger partial charge in [-0.2, -0.15) is 5.26 Å². The maximum Gasteiger partial charge on any atom is 0.144 e. The van der Waals surface area contributed by atoms with Crippen molar-refractivity contribution in [2.45, 2.75) is 33.7 Å². The Balaban J connectivity index is 2.45. The van der Waals surface area contributed by atoms with Crippen molar-refractivity contribution in [2.24, 2.45) is 5.41 Å². The molecule has 98 valence electrons. The summed E-state index contributed by atoms with van der Waals surface area (Å²) in [5.74, 6) is 0.670. The summed E-state index contributed by atoms with van der Waals surface area (Å²) in [6, 6.07) is 12.2. The smallest absolute Gasteiger partial charge is 0.144 e. The first-order chi connectivity index (χ1) is 8.91. The second-order valence-corrected chi connectivity index (χ2v) is 5.92. The minimum atomic E-state index is 0.111. The van der Waals surface area contributed by atoms with Gasteiger partial charge in [0.15, 0.2) is 0 Å². The first-order valence-corrected chi connectivity index (χ1v) is 6.48. The normalized spacial score (nSPS) is 13.0. The first kappa shape index (κ1) is 13.4. The molecule has 0 amide bonds. The SMILES string of the molecule is C[C@H](Nc1nc2ccccc2cc1C#N)C(C)(C)C. The molecule has 0 unspecified atom stereocenters. The number of hydrogen-bond donors (Lipinski definition) is 1. The number of nitriles is 1. The van der Waals surface area contributed by atoms with Crippen molar-refractivity contribution >= 4 is 16.7 Å². The van der Waals surface area contributed by atoms with Gasteiger partial charge in [-0.15, -0.1) is 0 Å². The first-order valence-electron chi connectivity index (χ1n) is 6.48. The van der Waals surface area contributed by atoms with Crippen LogP contribution >= 0.6 is 0 Å². The van der Waals surface area contributed by atoms with Crippen molar-refractivity contribution < 1.29 is 0 Å². The van der Waals surface area contributed by atoms with Crippen molar-refractivity contribution in [2.75, 3.05) is 5.32 Å². The van der Waals surface area contributed by atoms with Crippen LogP contribution in [0.1, 0.15) is 33.3 Å². The van der Waals surface area contributed by atoms with Gasteiger partial charge in [0.25, 0.3) is 0 Å². The number of anilines is 1. The molecule has 3 nitrogen and oxygen atoms in total. The van der Waals surface area contributed by atoms with Crippen molar-refractivity contribution in [3.05, 3.63) is 35.9 Å². The second kappa shape index (κ2) is 4.89. The molecule has 1 aromatic carbocycles. The van der Waals surface area contributed by atoms with E-state index in [4.69, 9.17) is 0 Å². The highest BCUT2D eigenvalue weighted by molar-refractivity contribution is 5.82. The average Bonchev–Trinajstić information content (AvgIpc) is 2.36. The van der Waals surface area contributed by atoms with Crippen LogP contribution in [-0.2, 0) is 0 Å². The Labute approximate surface area is 114 Å². The summed E-state index contributed by atoms with van der Waals surface area (Å²) in [7, 11) is 0. The number of hydrogen-bond acceptors (Lipinski definition) is 3. The molecule has 0 bridgehead atoms. The highest BCUT2D eigenvalue weighted by Crippen LogP contribution is 2.25. The van der Waals surface area contributed by atoms with E-state index < -0.39 is 0 Å². The van der Waals surface area contributed by atoms with Gasteiger partial charge in [-0.3, -0.25) is 0 Å². The van der Waals surface area contributed by atoms with E-state index in [9.17, 15) is 5.26 Å². The van der Waals surface area contributed by atoms with E-state index in [0.717, 1.165) is 10.9 Å². The monoisotopic (exact) mass is 253 g/mol. The Morgan fingerprint density at radius 2 is 1.95 bits per heavy atom. The van der Waals surface area contributed by atoms with E-state index in [1.54, 1.807) is 0 Å². The van der Waals surface area contributed by atoms with Crippen LogP contribution in [0.25, 0.3) is 10.9 Å². The van der Waals surface area contributed by atoms with Gasteiger partial charge in [0, 0.05) is 11.4 Å². The van der Waals surface area contributed by atoms with Gasteiger partial charge in [0.1, 0.15) is 11.9 Å². The quantitative estimate of drug-likeness (QED) is 0.881. The Morgan fingerprint density at radius 1 is 1.26 bits per heavy atom. The Morgan fingerprint density at radius 3 is 2.58 bits per heavy atom. The lowest BCUT2D eigenvalue weighted by molar-refractivity contribution is 0.359. The predicted molar refractivity (Wildman–Crippen MR) is 79.0 cm³/mol. The summed E-state index contributed by atoms with van der Waals surface area (Å²) in [5, 5.41) is 13.6. The van der Waals surface area contributed by atoms with E-state index in [0.29, 0.717) is 11.4 Å². The van der Waals surface area contributed by atoms with E-state index in [-0.39, 0.29) is 11.5 Å². The molecule has 1 N–H and O–H groups in total. The van der Waals surface area contributed by atoms with E-state index in [1.165, 1.54) is 0 Å². The fourth-order valence-corrected chi connectivity index (χ4v) is 1.73. The molecule has 3 heteroatoms. The van der Waals surface area contributed by atoms with Crippen molar-refractivity contribution in [3.8, 4) is 6.07 Å². The third kappa shape index (κ3) is 2.85. The van der Waals surface area contributed by atoms with Crippen LogP contribution in [0.15, 0.2) is 30.3 Å². The van der Waals surface area contributed by atoms with Crippen LogP contribution in [0.5, 0.6) is 0 Å². The van der Waals surface area contributed by atoms with Gasteiger partial charge in [-0.05, 0) is 24.5 Å². The van der Waals surface area contributed by atoms with Crippen LogP contribution in [0.4, 0.5) is 5.82 Å². The third-order valence-corrected chi connectivity index (χ3v) is 3.50. The number of fused-ring (bicyclic) bond motifs is 1. The van der Waals surface area contributed by atoms with Crippen LogP contribution in [-0.4, -0.2) is 11.0 Å². The molecular weight excluding hydrogens is 234 g/mol. The number of benzene rings is 1. The second-order valence-electron chi connectivity index (χ2n) is 5.92. The molecule has 0 radical (unpaired) electrons. The van der Waals surface area contributed by atoms with Crippen molar-refractivity contribution in [1.29, 1.82) is 5.26 Å². The lowest BCUT2D eigenvalue weighted by atomic mass is 9.88. The number of aromatic nitrogens is 1.